The lowest BCUT2D eigenvalue weighted by molar-refractivity contribution is -0.137. The molecule has 0 fully saturated rings. The van der Waals surface area contributed by atoms with Gasteiger partial charge in [0.25, 0.3) is 5.91 Å². The predicted octanol–water partition coefficient (Wildman–Crippen LogP) is 6.48. The second-order valence-corrected chi connectivity index (χ2v) is 7.90. The number of benzene rings is 3. The summed E-state index contributed by atoms with van der Waals surface area (Å²) < 4.78 is 39.2. The largest absolute Gasteiger partial charge is 0.416 e. The van der Waals surface area contributed by atoms with E-state index in [9.17, 15) is 18.0 Å². The van der Waals surface area contributed by atoms with E-state index in [-0.39, 0.29) is 18.9 Å². The van der Waals surface area contributed by atoms with E-state index in [2.05, 4.69) is 5.16 Å². The summed E-state index contributed by atoms with van der Waals surface area (Å²) in [4.78, 5) is 19.8. The number of rotatable bonds is 5. The SMILES string of the molecule is O=C1/C(=N\OCc2ccc(Cl)cc2Cl)c2ccccc2N1Cc1cccc(C(F)(F)F)c1. The summed E-state index contributed by atoms with van der Waals surface area (Å²) in [5.74, 6) is -0.467. The van der Waals surface area contributed by atoms with Gasteiger partial charge in [-0.15, -0.1) is 0 Å². The van der Waals surface area contributed by atoms with Crippen LogP contribution in [0.1, 0.15) is 22.3 Å². The fourth-order valence-corrected chi connectivity index (χ4v) is 3.80. The van der Waals surface area contributed by atoms with Gasteiger partial charge in [-0.1, -0.05) is 64.8 Å². The molecule has 3 aromatic rings. The Balaban J connectivity index is 1.57. The van der Waals surface area contributed by atoms with Crippen LogP contribution in [0.15, 0.2) is 71.9 Å². The summed E-state index contributed by atoms with van der Waals surface area (Å²) in [6.07, 6.45) is -4.47. The Kier molecular flexibility index (Phi) is 6.13. The number of hydrogen-bond acceptors (Lipinski definition) is 3. The van der Waals surface area contributed by atoms with Gasteiger partial charge in [0.15, 0.2) is 5.71 Å². The van der Waals surface area contributed by atoms with Crippen molar-refractivity contribution in [1.82, 2.24) is 0 Å². The first-order chi connectivity index (χ1) is 15.2. The number of para-hydroxylation sites is 1. The first-order valence-corrected chi connectivity index (χ1v) is 10.2. The smallest absolute Gasteiger partial charge is 0.390 e. The van der Waals surface area contributed by atoms with Gasteiger partial charge in [-0.25, -0.2) is 0 Å². The van der Waals surface area contributed by atoms with E-state index in [0.717, 1.165) is 12.1 Å². The third-order valence-corrected chi connectivity index (χ3v) is 5.47. The van der Waals surface area contributed by atoms with Gasteiger partial charge in [-0.3, -0.25) is 4.79 Å². The topological polar surface area (TPSA) is 41.9 Å². The van der Waals surface area contributed by atoms with Crippen LogP contribution in [0, 0.1) is 0 Å². The minimum atomic E-state index is -4.47. The minimum Gasteiger partial charge on any atom is -0.390 e. The number of hydrogen-bond donors (Lipinski definition) is 0. The molecule has 1 aliphatic heterocycles. The average Bonchev–Trinajstić information content (AvgIpc) is 3.01. The van der Waals surface area contributed by atoms with Crippen LogP contribution in [0.5, 0.6) is 0 Å². The van der Waals surface area contributed by atoms with Crippen LogP contribution in [0.2, 0.25) is 10.0 Å². The summed E-state index contributed by atoms with van der Waals surface area (Å²) in [5.41, 5.74) is 1.36. The van der Waals surface area contributed by atoms with Crippen LogP contribution < -0.4 is 4.90 Å². The molecule has 32 heavy (non-hydrogen) atoms. The molecule has 0 saturated carbocycles. The number of amides is 1. The van der Waals surface area contributed by atoms with Gasteiger partial charge in [-0.2, -0.15) is 13.2 Å². The number of anilines is 1. The highest BCUT2D eigenvalue weighted by Gasteiger charge is 2.35. The Labute approximate surface area is 191 Å². The maximum absolute atomic E-state index is 13.1. The molecule has 164 valence electrons. The lowest BCUT2D eigenvalue weighted by Crippen LogP contribution is -2.29. The van der Waals surface area contributed by atoms with Gasteiger partial charge in [0.05, 0.1) is 17.8 Å². The third-order valence-electron chi connectivity index (χ3n) is 4.88. The van der Waals surface area contributed by atoms with Crippen molar-refractivity contribution in [3.05, 3.63) is 99.0 Å². The number of nitrogens with zero attached hydrogens (tertiary/aromatic N) is 2. The van der Waals surface area contributed by atoms with Crippen molar-refractivity contribution in [3.63, 3.8) is 0 Å². The monoisotopic (exact) mass is 478 g/mol. The highest BCUT2D eigenvalue weighted by atomic mass is 35.5. The maximum Gasteiger partial charge on any atom is 0.416 e. The van der Waals surface area contributed by atoms with Crippen molar-refractivity contribution >= 4 is 40.5 Å². The zero-order chi connectivity index (χ0) is 22.9. The van der Waals surface area contributed by atoms with E-state index in [4.69, 9.17) is 28.0 Å². The van der Waals surface area contributed by atoms with Gasteiger partial charge in [0.2, 0.25) is 0 Å². The number of fused-ring (bicyclic) bond motifs is 1. The Bertz CT molecular complexity index is 1210. The summed E-state index contributed by atoms with van der Waals surface area (Å²) in [7, 11) is 0. The molecular formula is C23H15Cl2F3N2O2. The van der Waals surface area contributed by atoms with E-state index < -0.39 is 17.6 Å². The number of carbonyl (C=O) groups excluding carboxylic acids is 1. The highest BCUT2D eigenvalue weighted by Crippen LogP contribution is 2.33. The molecule has 0 radical (unpaired) electrons. The minimum absolute atomic E-state index is 0.0164. The summed E-state index contributed by atoms with van der Waals surface area (Å²) in [5, 5.41) is 4.89. The zero-order valence-electron chi connectivity index (χ0n) is 16.4. The predicted molar refractivity (Wildman–Crippen MR) is 117 cm³/mol. The van der Waals surface area contributed by atoms with Gasteiger partial charge < -0.3 is 9.74 Å². The second kappa shape index (κ2) is 8.84. The molecule has 1 aliphatic rings. The van der Waals surface area contributed by atoms with Crippen LogP contribution in [0.4, 0.5) is 18.9 Å². The number of alkyl halides is 3. The van der Waals surface area contributed by atoms with Crippen molar-refractivity contribution in [2.75, 3.05) is 4.90 Å². The van der Waals surface area contributed by atoms with Gasteiger partial charge >= 0.3 is 6.18 Å². The fraction of sp³-hybridized carbons (Fsp3) is 0.130. The standard InChI is InChI=1S/C23H15Cl2F3N2O2/c24-17-9-8-15(19(25)11-17)13-32-29-21-18-6-1-2-7-20(18)30(22(21)31)12-14-4-3-5-16(10-14)23(26,27)28/h1-11H,12-13H2/b29-21-. The molecule has 3 aromatic carbocycles. The van der Waals surface area contributed by atoms with Crippen LogP contribution >= 0.6 is 23.2 Å². The molecule has 0 spiro atoms. The molecule has 1 heterocycles. The Morgan fingerprint density at radius 2 is 1.75 bits per heavy atom. The maximum atomic E-state index is 13.1. The molecule has 0 aliphatic carbocycles. The van der Waals surface area contributed by atoms with Crippen LogP contribution in [0.3, 0.4) is 0 Å². The number of halogens is 5. The molecule has 1 amide bonds. The molecule has 4 nitrogen and oxygen atoms in total. The first kappa shape index (κ1) is 22.2. The number of oxime groups is 1. The summed E-state index contributed by atoms with van der Waals surface area (Å²) in [6, 6.07) is 16.7. The summed E-state index contributed by atoms with van der Waals surface area (Å²) in [6.45, 7) is -0.0234. The summed E-state index contributed by atoms with van der Waals surface area (Å²) >= 11 is 12.0. The molecule has 0 N–H and O–H groups in total. The van der Waals surface area contributed by atoms with Crippen molar-refractivity contribution in [2.24, 2.45) is 5.16 Å². The van der Waals surface area contributed by atoms with E-state index in [1.807, 2.05) is 0 Å². The van der Waals surface area contributed by atoms with E-state index in [0.29, 0.717) is 32.4 Å². The quantitative estimate of drug-likeness (QED) is 0.393. The zero-order valence-corrected chi connectivity index (χ0v) is 17.9. The molecule has 9 heteroatoms. The number of carbonyl (C=O) groups is 1. The van der Waals surface area contributed by atoms with Crippen molar-refractivity contribution in [1.29, 1.82) is 0 Å². The Morgan fingerprint density at radius 3 is 2.50 bits per heavy atom. The molecular weight excluding hydrogens is 464 g/mol. The van der Waals surface area contributed by atoms with E-state index >= 15 is 0 Å². The first-order valence-electron chi connectivity index (χ1n) is 9.45. The third kappa shape index (κ3) is 4.59. The second-order valence-electron chi connectivity index (χ2n) is 7.06. The van der Waals surface area contributed by atoms with Crippen LogP contribution in [-0.4, -0.2) is 11.6 Å². The lowest BCUT2D eigenvalue weighted by Gasteiger charge is -2.17. The highest BCUT2D eigenvalue weighted by molar-refractivity contribution is 6.54. The molecule has 0 atom stereocenters. The van der Waals surface area contributed by atoms with Crippen molar-refractivity contribution < 1.29 is 22.8 Å². The molecule has 0 bridgehead atoms. The van der Waals surface area contributed by atoms with Gasteiger partial charge in [-0.05, 0) is 35.9 Å². The fourth-order valence-electron chi connectivity index (χ4n) is 3.34. The van der Waals surface area contributed by atoms with Crippen molar-refractivity contribution in [3.8, 4) is 0 Å². The van der Waals surface area contributed by atoms with Gasteiger partial charge in [0, 0.05) is 21.2 Å². The normalized spacial score (nSPS) is 14.7. The Morgan fingerprint density at radius 1 is 0.969 bits per heavy atom. The Hall–Kier alpha value is -3.03. The molecule has 4 rings (SSSR count). The van der Waals surface area contributed by atoms with Crippen LogP contribution in [-0.2, 0) is 29.0 Å². The molecule has 0 saturated heterocycles. The van der Waals surface area contributed by atoms with Gasteiger partial charge in [0.1, 0.15) is 6.61 Å². The van der Waals surface area contributed by atoms with Crippen LogP contribution in [0.25, 0.3) is 0 Å². The molecule has 0 unspecified atom stereocenters. The average molecular weight is 479 g/mol. The molecule has 0 aromatic heterocycles. The lowest BCUT2D eigenvalue weighted by atomic mass is 10.1. The van der Waals surface area contributed by atoms with E-state index in [1.54, 1.807) is 48.5 Å². The van der Waals surface area contributed by atoms with E-state index in [1.165, 1.54) is 11.0 Å². The van der Waals surface area contributed by atoms with Crippen molar-refractivity contribution in [2.45, 2.75) is 19.3 Å².